The van der Waals surface area contributed by atoms with E-state index in [9.17, 15) is 17.4 Å². The summed E-state index contributed by atoms with van der Waals surface area (Å²) in [7, 11) is -1.35. The third kappa shape index (κ3) is 4.23. The van der Waals surface area contributed by atoms with Crippen LogP contribution in [0.1, 0.15) is 32.3 Å². The first kappa shape index (κ1) is 16.0. The van der Waals surface area contributed by atoms with Crippen LogP contribution in [0.3, 0.4) is 0 Å². The molecular weight excluding hydrogens is 275 g/mol. The van der Waals surface area contributed by atoms with Gasteiger partial charge >= 0.3 is 6.18 Å². The third-order valence-electron chi connectivity index (χ3n) is 3.12. The van der Waals surface area contributed by atoms with E-state index < -0.39 is 22.5 Å². The summed E-state index contributed by atoms with van der Waals surface area (Å²) in [6.07, 6.45) is -2.64. The minimum Gasteiger partial charge on any atom is -0.398 e. The smallest absolute Gasteiger partial charge is 0.398 e. The lowest BCUT2D eigenvalue weighted by atomic mass is 10.1. The van der Waals surface area contributed by atoms with Crippen LogP contribution in [0.15, 0.2) is 23.1 Å². The maximum absolute atomic E-state index is 12.5. The van der Waals surface area contributed by atoms with E-state index in [1.165, 1.54) is 6.07 Å². The Hall–Kier alpha value is -1.04. The number of hydrogen-bond donors (Lipinski definition) is 1. The molecule has 1 atom stereocenters. The lowest BCUT2D eigenvalue weighted by molar-refractivity contribution is -0.137. The quantitative estimate of drug-likeness (QED) is 0.838. The highest BCUT2D eigenvalue weighted by molar-refractivity contribution is 7.85. The Labute approximate surface area is 113 Å². The van der Waals surface area contributed by atoms with E-state index in [1.807, 2.05) is 13.8 Å². The van der Waals surface area contributed by atoms with Crippen molar-refractivity contribution in [2.24, 2.45) is 5.92 Å². The van der Waals surface area contributed by atoms with Crippen molar-refractivity contribution in [1.29, 1.82) is 0 Å². The molecule has 19 heavy (non-hydrogen) atoms. The van der Waals surface area contributed by atoms with Crippen molar-refractivity contribution in [3.63, 3.8) is 0 Å². The normalized spacial score (nSPS) is 13.8. The molecule has 0 bridgehead atoms. The van der Waals surface area contributed by atoms with Crippen LogP contribution in [0.4, 0.5) is 18.9 Å². The van der Waals surface area contributed by atoms with Crippen molar-refractivity contribution in [3.05, 3.63) is 23.8 Å². The van der Waals surface area contributed by atoms with Crippen LogP contribution in [-0.2, 0) is 17.0 Å². The molecular formula is C13H18F3NOS. The summed E-state index contributed by atoms with van der Waals surface area (Å²) in [5, 5.41) is 0. The van der Waals surface area contributed by atoms with Gasteiger partial charge in [0.1, 0.15) is 0 Å². The average Bonchev–Trinajstić information content (AvgIpc) is 2.34. The fourth-order valence-electron chi connectivity index (χ4n) is 1.76. The van der Waals surface area contributed by atoms with Crippen molar-refractivity contribution < 1.29 is 17.4 Å². The van der Waals surface area contributed by atoms with Gasteiger partial charge in [-0.1, -0.05) is 26.7 Å². The number of benzene rings is 1. The van der Waals surface area contributed by atoms with Gasteiger partial charge in [-0.2, -0.15) is 13.2 Å². The molecule has 1 aromatic carbocycles. The molecule has 0 aliphatic heterocycles. The zero-order valence-electron chi connectivity index (χ0n) is 11.0. The van der Waals surface area contributed by atoms with Gasteiger partial charge in [0.25, 0.3) is 0 Å². The molecule has 6 heteroatoms. The highest BCUT2D eigenvalue weighted by atomic mass is 32.2. The Morgan fingerprint density at radius 1 is 1.26 bits per heavy atom. The van der Waals surface area contributed by atoms with Crippen LogP contribution in [0, 0.1) is 5.92 Å². The predicted molar refractivity (Wildman–Crippen MR) is 71.2 cm³/mol. The van der Waals surface area contributed by atoms with Crippen molar-refractivity contribution >= 4 is 16.5 Å². The van der Waals surface area contributed by atoms with E-state index in [-0.39, 0.29) is 5.69 Å². The maximum atomic E-state index is 12.5. The predicted octanol–water partition coefficient (Wildman–Crippen LogP) is 3.83. The fourth-order valence-corrected chi connectivity index (χ4v) is 3.38. The number of nitrogens with two attached hydrogens (primary N) is 1. The summed E-state index contributed by atoms with van der Waals surface area (Å²) in [5.74, 6) is 0.727. The molecule has 0 heterocycles. The van der Waals surface area contributed by atoms with Gasteiger partial charge < -0.3 is 5.73 Å². The standard InChI is InChI=1S/C13H18F3NOS/c1-3-9(4-2)8-19(18)12-6-5-10(7-11(12)17)13(14,15)16/h5-7,9H,3-4,8,17H2,1-2H3. The first-order chi connectivity index (χ1) is 8.79. The zero-order valence-corrected chi connectivity index (χ0v) is 11.8. The SMILES string of the molecule is CCC(CC)CS(=O)c1ccc(C(F)(F)F)cc1N. The molecule has 1 unspecified atom stereocenters. The summed E-state index contributed by atoms with van der Waals surface area (Å²) in [6.45, 7) is 4.00. The molecule has 0 aliphatic carbocycles. The Morgan fingerprint density at radius 2 is 1.84 bits per heavy atom. The van der Waals surface area contributed by atoms with Gasteiger partial charge in [-0.3, -0.25) is 4.21 Å². The number of hydrogen-bond acceptors (Lipinski definition) is 2. The van der Waals surface area contributed by atoms with Gasteiger partial charge in [-0.05, 0) is 24.1 Å². The zero-order chi connectivity index (χ0) is 14.6. The highest BCUT2D eigenvalue weighted by Gasteiger charge is 2.31. The molecule has 2 nitrogen and oxygen atoms in total. The molecule has 0 amide bonds. The van der Waals surface area contributed by atoms with E-state index in [0.29, 0.717) is 16.6 Å². The molecule has 0 aliphatic rings. The molecule has 1 rings (SSSR count). The van der Waals surface area contributed by atoms with Gasteiger partial charge in [-0.15, -0.1) is 0 Å². The first-order valence-corrected chi connectivity index (χ1v) is 7.46. The van der Waals surface area contributed by atoms with Gasteiger partial charge in [0, 0.05) is 11.4 Å². The van der Waals surface area contributed by atoms with Crippen LogP contribution < -0.4 is 5.73 Å². The summed E-state index contributed by atoms with van der Waals surface area (Å²) >= 11 is 0. The van der Waals surface area contributed by atoms with Gasteiger partial charge in [-0.25, -0.2) is 0 Å². The molecule has 0 radical (unpaired) electrons. The Kier molecular flexibility index (Phi) is 5.40. The molecule has 108 valence electrons. The van der Waals surface area contributed by atoms with Crippen LogP contribution in [0.25, 0.3) is 0 Å². The molecule has 2 N–H and O–H groups in total. The van der Waals surface area contributed by atoms with E-state index in [2.05, 4.69) is 0 Å². The van der Waals surface area contributed by atoms with Crippen molar-refractivity contribution in [2.75, 3.05) is 11.5 Å². The number of rotatable bonds is 5. The molecule has 0 fully saturated rings. The number of halogens is 3. The summed E-state index contributed by atoms with van der Waals surface area (Å²) in [4.78, 5) is 0.292. The van der Waals surface area contributed by atoms with Gasteiger partial charge in [0.15, 0.2) is 0 Å². The minimum atomic E-state index is -4.43. The second-order valence-corrected chi connectivity index (χ2v) is 5.91. The number of alkyl halides is 3. The van der Waals surface area contributed by atoms with Crippen molar-refractivity contribution in [2.45, 2.75) is 37.8 Å². The van der Waals surface area contributed by atoms with Crippen molar-refractivity contribution in [3.8, 4) is 0 Å². The molecule has 0 saturated heterocycles. The monoisotopic (exact) mass is 293 g/mol. The van der Waals surface area contributed by atoms with E-state index in [1.54, 1.807) is 0 Å². The Balaban J connectivity index is 2.94. The third-order valence-corrected chi connectivity index (χ3v) is 4.76. The maximum Gasteiger partial charge on any atom is 0.416 e. The molecule has 0 saturated carbocycles. The van der Waals surface area contributed by atoms with E-state index >= 15 is 0 Å². The van der Waals surface area contributed by atoms with Crippen LogP contribution in [0.2, 0.25) is 0 Å². The number of anilines is 1. The lowest BCUT2D eigenvalue weighted by Crippen LogP contribution is -2.12. The second-order valence-electron chi connectivity index (χ2n) is 4.45. The Morgan fingerprint density at radius 3 is 2.26 bits per heavy atom. The summed E-state index contributed by atoms with van der Waals surface area (Å²) in [6, 6.07) is 2.99. The van der Waals surface area contributed by atoms with E-state index in [4.69, 9.17) is 5.73 Å². The van der Waals surface area contributed by atoms with Crippen LogP contribution >= 0.6 is 0 Å². The Bertz CT molecular complexity index is 456. The minimum absolute atomic E-state index is 0.0564. The molecule has 1 aromatic rings. The molecule has 0 aromatic heterocycles. The number of nitrogen functional groups attached to an aromatic ring is 1. The second kappa shape index (κ2) is 6.41. The summed E-state index contributed by atoms with van der Waals surface area (Å²) < 4.78 is 49.6. The largest absolute Gasteiger partial charge is 0.416 e. The fraction of sp³-hybridized carbons (Fsp3) is 0.538. The average molecular weight is 293 g/mol. The van der Waals surface area contributed by atoms with E-state index in [0.717, 1.165) is 25.0 Å². The van der Waals surface area contributed by atoms with Crippen LogP contribution in [-0.4, -0.2) is 9.96 Å². The molecule has 0 spiro atoms. The highest BCUT2D eigenvalue weighted by Crippen LogP contribution is 2.32. The van der Waals surface area contributed by atoms with Gasteiger partial charge in [0.2, 0.25) is 0 Å². The van der Waals surface area contributed by atoms with Crippen LogP contribution in [0.5, 0.6) is 0 Å². The van der Waals surface area contributed by atoms with Crippen molar-refractivity contribution in [1.82, 2.24) is 0 Å². The lowest BCUT2D eigenvalue weighted by Gasteiger charge is -2.14. The topological polar surface area (TPSA) is 43.1 Å². The first-order valence-electron chi connectivity index (χ1n) is 6.14. The summed E-state index contributed by atoms with van der Waals surface area (Å²) in [5.41, 5.74) is 4.72. The van der Waals surface area contributed by atoms with Gasteiger partial charge in [0.05, 0.1) is 21.3 Å².